The van der Waals surface area contributed by atoms with E-state index >= 15 is 0 Å². The number of hydrogen-bond acceptors (Lipinski definition) is 5. The van der Waals surface area contributed by atoms with Crippen molar-refractivity contribution in [3.05, 3.63) is 34.3 Å². The Hall–Kier alpha value is -0.960. The number of sulfonamides is 1. The second-order valence-electron chi connectivity index (χ2n) is 5.31. The number of rotatable bonds is 6. The first-order chi connectivity index (χ1) is 10.3. The van der Waals surface area contributed by atoms with Crippen LogP contribution in [0.25, 0.3) is 0 Å². The summed E-state index contributed by atoms with van der Waals surface area (Å²) < 4.78 is 30.4. The van der Waals surface area contributed by atoms with Gasteiger partial charge in [-0.05, 0) is 24.6 Å². The van der Waals surface area contributed by atoms with Crippen LogP contribution in [-0.4, -0.2) is 50.2 Å². The van der Waals surface area contributed by atoms with Crippen LogP contribution < -0.4 is 5.32 Å². The van der Waals surface area contributed by atoms with Gasteiger partial charge in [-0.25, -0.2) is 13.2 Å². The van der Waals surface area contributed by atoms with Crippen molar-refractivity contribution in [1.29, 1.82) is 0 Å². The molecule has 0 aliphatic carbocycles. The molecule has 1 saturated heterocycles. The van der Waals surface area contributed by atoms with Gasteiger partial charge in [-0.1, -0.05) is 28.1 Å². The fourth-order valence-electron chi connectivity index (χ4n) is 2.25. The van der Waals surface area contributed by atoms with Crippen molar-refractivity contribution in [2.75, 3.05) is 26.0 Å². The molecule has 1 N–H and O–H groups in total. The van der Waals surface area contributed by atoms with Crippen LogP contribution in [0.2, 0.25) is 0 Å². The summed E-state index contributed by atoms with van der Waals surface area (Å²) in [6, 6.07) is 7.70. The SMILES string of the molecule is CCOC(=O)C1(NCc2ccc(Br)cc2)CN(S(C)(=O)=O)C1. The molecule has 1 heterocycles. The van der Waals surface area contributed by atoms with Gasteiger partial charge in [0.2, 0.25) is 10.0 Å². The molecule has 0 radical (unpaired) electrons. The minimum Gasteiger partial charge on any atom is -0.465 e. The smallest absolute Gasteiger partial charge is 0.329 e. The topological polar surface area (TPSA) is 75.7 Å². The van der Waals surface area contributed by atoms with Crippen molar-refractivity contribution < 1.29 is 17.9 Å². The van der Waals surface area contributed by atoms with Crippen LogP contribution in [-0.2, 0) is 26.1 Å². The van der Waals surface area contributed by atoms with Crippen LogP contribution in [0.5, 0.6) is 0 Å². The quantitative estimate of drug-likeness (QED) is 0.736. The number of carbonyl (C=O) groups excluding carboxylic acids is 1. The summed E-state index contributed by atoms with van der Waals surface area (Å²) in [5, 5.41) is 3.16. The zero-order valence-corrected chi connectivity index (χ0v) is 14.9. The zero-order valence-electron chi connectivity index (χ0n) is 12.5. The average Bonchev–Trinajstić information content (AvgIpc) is 2.38. The van der Waals surface area contributed by atoms with Crippen molar-refractivity contribution in [3.63, 3.8) is 0 Å². The predicted molar refractivity (Wildman–Crippen MR) is 86.8 cm³/mol. The Kier molecular flexibility index (Phi) is 5.26. The minimum absolute atomic E-state index is 0.0984. The number of halogens is 1. The van der Waals surface area contributed by atoms with Crippen LogP contribution in [0, 0.1) is 0 Å². The molecular formula is C14H19BrN2O4S. The predicted octanol–water partition coefficient (Wildman–Crippen LogP) is 1.12. The molecule has 1 aliphatic heterocycles. The molecule has 1 aromatic carbocycles. The van der Waals surface area contributed by atoms with E-state index in [9.17, 15) is 13.2 Å². The molecule has 0 unspecified atom stereocenters. The molecule has 2 rings (SSSR count). The maximum atomic E-state index is 12.2. The zero-order chi connectivity index (χ0) is 16.4. The molecule has 6 nitrogen and oxygen atoms in total. The number of hydrogen-bond donors (Lipinski definition) is 1. The summed E-state index contributed by atoms with van der Waals surface area (Å²) in [4.78, 5) is 12.2. The fourth-order valence-corrected chi connectivity index (χ4v) is 3.42. The van der Waals surface area contributed by atoms with Crippen molar-refractivity contribution >= 4 is 31.9 Å². The van der Waals surface area contributed by atoms with Crippen LogP contribution in [0.15, 0.2) is 28.7 Å². The molecule has 0 bridgehead atoms. The lowest BCUT2D eigenvalue weighted by atomic mass is 9.92. The van der Waals surface area contributed by atoms with E-state index in [2.05, 4.69) is 21.2 Å². The van der Waals surface area contributed by atoms with Gasteiger partial charge in [-0.3, -0.25) is 5.32 Å². The molecule has 0 spiro atoms. The third-order valence-corrected chi connectivity index (χ3v) is 5.30. The van der Waals surface area contributed by atoms with Gasteiger partial charge >= 0.3 is 5.97 Å². The van der Waals surface area contributed by atoms with Crippen molar-refractivity contribution in [2.24, 2.45) is 0 Å². The fraction of sp³-hybridized carbons (Fsp3) is 0.500. The Labute approximate surface area is 139 Å². The maximum absolute atomic E-state index is 12.2. The van der Waals surface area contributed by atoms with Gasteiger partial charge in [-0.15, -0.1) is 0 Å². The van der Waals surface area contributed by atoms with Gasteiger partial charge in [0, 0.05) is 24.1 Å². The highest BCUT2D eigenvalue weighted by Gasteiger charge is 2.53. The van der Waals surface area contributed by atoms with Crippen molar-refractivity contribution in [1.82, 2.24) is 9.62 Å². The van der Waals surface area contributed by atoms with Gasteiger partial charge in [0.15, 0.2) is 0 Å². The molecule has 8 heteroatoms. The lowest BCUT2D eigenvalue weighted by Crippen LogP contribution is -2.74. The van der Waals surface area contributed by atoms with Gasteiger partial charge in [0.25, 0.3) is 0 Å². The highest BCUT2D eigenvalue weighted by molar-refractivity contribution is 9.10. The highest BCUT2D eigenvalue weighted by atomic mass is 79.9. The number of ether oxygens (including phenoxy) is 1. The number of benzene rings is 1. The Morgan fingerprint density at radius 2 is 1.95 bits per heavy atom. The number of carbonyl (C=O) groups is 1. The minimum atomic E-state index is -3.29. The van der Waals surface area contributed by atoms with E-state index in [0.717, 1.165) is 16.3 Å². The average molecular weight is 391 g/mol. The molecular weight excluding hydrogens is 372 g/mol. The Bertz CT molecular complexity index is 639. The first-order valence-corrected chi connectivity index (χ1v) is 9.53. The molecule has 22 heavy (non-hydrogen) atoms. The van der Waals surface area contributed by atoms with Crippen LogP contribution >= 0.6 is 15.9 Å². The van der Waals surface area contributed by atoms with E-state index in [4.69, 9.17) is 4.74 Å². The molecule has 0 atom stereocenters. The summed E-state index contributed by atoms with van der Waals surface area (Å²) in [7, 11) is -3.29. The summed E-state index contributed by atoms with van der Waals surface area (Å²) in [6.45, 7) is 2.65. The Balaban J connectivity index is 2.07. The standard InChI is InChI=1S/C14H19BrN2O4S/c1-3-21-13(18)14(9-17(10-14)22(2,19)20)16-8-11-4-6-12(15)7-5-11/h4-7,16H,3,8-10H2,1-2H3. The first kappa shape index (κ1) is 17.4. The second kappa shape index (κ2) is 6.66. The Morgan fingerprint density at radius 3 is 2.45 bits per heavy atom. The van der Waals surface area contributed by atoms with Crippen LogP contribution in [0.3, 0.4) is 0 Å². The summed E-state index contributed by atoms with van der Waals surface area (Å²) in [5.74, 6) is -0.410. The molecule has 1 aromatic rings. The Morgan fingerprint density at radius 1 is 1.36 bits per heavy atom. The molecule has 1 aliphatic rings. The molecule has 0 aromatic heterocycles. The monoisotopic (exact) mass is 390 g/mol. The van der Waals surface area contributed by atoms with E-state index in [-0.39, 0.29) is 19.7 Å². The van der Waals surface area contributed by atoms with E-state index < -0.39 is 21.5 Å². The molecule has 0 amide bonds. The summed E-state index contributed by atoms with van der Waals surface area (Å²) in [5.41, 5.74) is 0.0382. The van der Waals surface area contributed by atoms with E-state index in [0.29, 0.717) is 6.54 Å². The van der Waals surface area contributed by atoms with Crippen molar-refractivity contribution in [2.45, 2.75) is 19.0 Å². The summed E-state index contributed by atoms with van der Waals surface area (Å²) >= 11 is 3.37. The van der Waals surface area contributed by atoms with E-state index in [1.54, 1.807) is 6.92 Å². The van der Waals surface area contributed by atoms with E-state index in [1.165, 1.54) is 4.31 Å². The van der Waals surface area contributed by atoms with Gasteiger partial charge in [0.1, 0.15) is 5.54 Å². The molecule has 122 valence electrons. The lowest BCUT2D eigenvalue weighted by molar-refractivity contribution is -0.156. The third-order valence-electron chi connectivity index (χ3n) is 3.57. The third kappa shape index (κ3) is 3.87. The first-order valence-electron chi connectivity index (χ1n) is 6.89. The van der Waals surface area contributed by atoms with Crippen molar-refractivity contribution in [3.8, 4) is 0 Å². The second-order valence-corrected chi connectivity index (χ2v) is 8.21. The number of esters is 1. The van der Waals surface area contributed by atoms with Crippen LogP contribution in [0.1, 0.15) is 12.5 Å². The van der Waals surface area contributed by atoms with Gasteiger partial charge < -0.3 is 4.74 Å². The van der Waals surface area contributed by atoms with Gasteiger partial charge in [-0.2, -0.15) is 4.31 Å². The normalized spacial score (nSPS) is 17.8. The largest absolute Gasteiger partial charge is 0.465 e. The maximum Gasteiger partial charge on any atom is 0.329 e. The lowest BCUT2D eigenvalue weighted by Gasteiger charge is -2.46. The molecule has 1 fully saturated rings. The van der Waals surface area contributed by atoms with Gasteiger partial charge in [0.05, 0.1) is 12.9 Å². The molecule has 0 saturated carbocycles. The summed E-state index contributed by atoms with van der Waals surface area (Å²) in [6.07, 6.45) is 1.14. The highest BCUT2D eigenvalue weighted by Crippen LogP contribution is 2.26. The van der Waals surface area contributed by atoms with E-state index in [1.807, 2.05) is 24.3 Å². The number of nitrogens with one attached hydrogen (secondary N) is 1. The van der Waals surface area contributed by atoms with Crippen LogP contribution in [0.4, 0.5) is 0 Å². The number of nitrogens with zero attached hydrogens (tertiary/aromatic N) is 1.